The molecule has 1 aliphatic rings. The van der Waals surface area contributed by atoms with Gasteiger partial charge in [0.1, 0.15) is 16.9 Å². The first-order chi connectivity index (χ1) is 16.5. The summed E-state index contributed by atoms with van der Waals surface area (Å²) in [7, 11) is 4.15. The number of furan rings is 1. The van der Waals surface area contributed by atoms with Crippen LogP contribution in [0.5, 0.6) is 5.75 Å². The van der Waals surface area contributed by atoms with E-state index in [9.17, 15) is 9.59 Å². The molecule has 34 heavy (non-hydrogen) atoms. The number of benzene rings is 3. The van der Waals surface area contributed by atoms with Gasteiger partial charge < -0.3 is 18.6 Å². The van der Waals surface area contributed by atoms with Crippen molar-refractivity contribution in [1.82, 2.24) is 0 Å². The molecule has 0 fully saturated rings. The fourth-order valence-electron chi connectivity index (χ4n) is 4.81. The molecule has 6 heteroatoms. The number of para-hydroxylation sites is 2. The van der Waals surface area contributed by atoms with Gasteiger partial charge in [-0.25, -0.2) is 0 Å². The van der Waals surface area contributed by atoms with Gasteiger partial charge in [-0.05, 0) is 41.8 Å². The third-order valence-corrected chi connectivity index (χ3v) is 6.42. The lowest BCUT2D eigenvalue weighted by atomic mass is 9.84. The van der Waals surface area contributed by atoms with Gasteiger partial charge in [0, 0.05) is 22.8 Å². The molecule has 0 unspecified atom stereocenters. The van der Waals surface area contributed by atoms with E-state index in [1.54, 1.807) is 7.11 Å². The molecular formula is C28H22O6. The molecule has 4 aromatic rings. The first-order valence-corrected chi connectivity index (χ1v) is 10.8. The van der Waals surface area contributed by atoms with E-state index in [0.717, 1.165) is 38.6 Å². The maximum atomic E-state index is 12.8. The van der Waals surface area contributed by atoms with Gasteiger partial charge >= 0.3 is 11.9 Å². The summed E-state index contributed by atoms with van der Waals surface area (Å²) in [6.45, 7) is 0. The topological polar surface area (TPSA) is 75.0 Å². The molecule has 1 heterocycles. The summed E-state index contributed by atoms with van der Waals surface area (Å²) in [4.78, 5) is 25.6. The highest BCUT2D eigenvalue weighted by molar-refractivity contribution is 6.10. The van der Waals surface area contributed by atoms with E-state index in [4.69, 9.17) is 18.6 Å². The zero-order valence-corrected chi connectivity index (χ0v) is 19.1. The van der Waals surface area contributed by atoms with E-state index in [1.807, 2.05) is 54.6 Å². The highest BCUT2D eigenvalue weighted by Gasteiger charge is 2.53. The maximum absolute atomic E-state index is 12.8. The second kappa shape index (κ2) is 8.27. The molecule has 1 aromatic heterocycles. The van der Waals surface area contributed by atoms with Crippen LogP contribution in [-0.4, -0.2) is 33.3 Å². The van der Waals surface area contributed by atoms with E-state index in [2.05, 4.69) is 11.8 Å². The number of rotatable bonds is 3. The van der Waals surface area contributed by atoms with Crippen LogP contribution in [-0.2, 0) is 31.9 Å². The third-order valence-electron chi connectivity index (χ3n) is 6.42. The number of carbonyl (C=O) groups is 2. The summed E-state index contributed by atoms with van der Waals surface area (Å²) in [6, 6.07) is 17.1. The van der Waals surface area contributed by atoms with Gasteiger partial charge in [-0.15, -0.1) is 0 Å². The lowest BCUT2D eigenvalue weighted by molar-refractivity contribution is -0.168. The molecule has 0 saturated heterocycles. The first-order valence-electron chi connectivity index (χ1n) is 10.8. The Hall–Kier alpha value is -4.24. The van der Waals surface area contributed by atoms with Gasteiger partial charge in [0.2, 0.25) is 0 Å². The molecule has 1 aliphatic carbocycles. The van der Waals surface area contributed by atoms with Crippen molar-refractivity contribution in [2.45, 2.75) is 12.8 Å². The Labute approximate surface area is 196 Å². The number of esters is 2. The molecule has 170 valence electrons. The van der Waals surface area contributed by atoms with Crippen LogP contribution in [0.15, 0.2) is 59.0 Å². The molecule has 5 rings (SSSR count). The molecule has 0 saturated carbocycles. The third kappa shape index (κ3) is 3.20. The largest absolute Gasteiger partial charge is 0.495 e. The molecule has 0 bridgehead atoms. The van der Waals surface area contributed by atoms with Crippen LogP contribution in [0.1, 0.15) is 22.3 Å². The van der Waals surface area contributed by atoms with E-state index in [0.29, 0.717) is 11.3 Å². The molecule has 0 N–H and O–H groups in total. The van der Waals surface area contributed by atoms with Crippen molar-refractivity contribution in [2.24, 2.45) is 5.41 Å². The van der Waals surface area contributed by atoms with E-state index >= 15 is 0 Å². The Morgan fingerprint density at radius 1 is 0.882 bits per heavy atom. The van der Waals surface area contributed by atoms with E-state index in [-0.39, 0.29) is 12.8 Å². The number of fused-ring (bicyclic) bond motifs is 4. The van der Waals surface area contributed by atoms with Crippen molar-refractivity contribution in [3.8, 4) is 17.6 Å². The monoisotopic (exact) mass is 454 g/mol. The van der Waals surface area contributed by atoms with Crippen molar-refractivity contribution in [1.29, 1.82) is 0 Å². The molecule has 0 radical (unpaired) electrons. The Bertz CT molecular complexity index is 1500. The van der Waals surface area contributed by atoms with Crippen LogP contribution >= 0.6 is 0 Å². The quantitative estimate of drug-likeness (QED) is 0.259. The molecular weight excluding hydrogens is 432 g/mol. The van der Waals surface area contributed by atoms with Gasteiger partial charge in [-0.2, -0.15) is 0 Å². The highest BCUT2D eigenvalue weighted by Crippen LogP contribution is 2.45. The van der Waals surface area contributed by atoms with Crippen molar-refractivity contribution in [3.63, 3.8) is 0 Å². The predicted molar refractivity (Wildman–Crippen MR) is 127 cm³/mol. The van der Waals surface area contributed by atoms with Crippen molar-refractivity contribution in [2.75, 3.05) is 21.3 Å². The van der Waals surface area contributed by atoms with Gasteiger partial charge in [-0.3, -0.25) is 9.59 Å². The fourth-order valence-corrected chi connectivity index (χ4v) is 4.81. The lowest BCUT2D eigenvalue weighted by Crippen LogP contribution is -2.42. The molecule has 0 amide bonds. The van der Waals surface area contributed by atoms with Crippen LogP contribution in [0.25, 0.3) is 21.9 Å². The minimum absolute atomic E-state index is 0.132. The minimum atomic E-state index is -1.46. The van der Waals surface area contributed by atoms with Crippen LogP contribution in [0.4, 0.5) is 0 Å². The lowest BCUT2D eigenvalue weighted by Gasteiger charge is -2.22. The SMILES string of the molecule is COC(=O)C1(C(=O)OC)Cc2cc3oc4ccccc4c3c(C#Cc3ccccc3OC)c2C1. The average Bonchev–Trinajstić information content (AvgIpc) is 3.44. The number of methoxy groups -OCH3 is 3. The zero-order chi connectivity index (χ0) is 23.9. The second-order valence-electron chi connectivity index (χ2n) is 8.23. The number of carbonyl (C=O) groups excluding carboxylic acids is 2. The van der Waals surface area contributed by atoms with Crippen LogP contribution in [0.2, 0.25) is 0 Å². The summed E-state index contributed by atoms with van der Waals surface area (Å²) >= 11 is 0. The van der Waals surface area contributed by atoms with Crippen molar-refractivity contribution in [3.05, 3.63) is 76.9 Å². The van der Waals surface area contributed by atoms with Crippen LogP contribution in [0, 0.1) is 17.3 Å². The Kier molecular flexibility index (Phi) is 5.25. The van der Waals surface area contributed by atoms with Crippen molar-refractivity contribution >= 4 is 33.9 Å². The molecule has 0 atom stereocenters. The van der Waals surface area contributed by atoms with E-state index in [1.165, 1.54) is 14.2 Å². The normalized spacial score (nSPS) is 13.7. The Morgan fingerprint density at radius 2 is 1.59 bits per heavy atom. The summed E-state index contributed by atoms with van der Waals surface area (Å²) in [5.41, 5.74) is 3.01. The molecule has 6 nitrogen and oxygen atoms in total. The van der Waals surface area contributed by atoms with Crippen molar-refractivity contribution < 1.29 is 28.2 Å². The Balaban J connectivity index is 1.79. The number of hydrogen-bond acceptors (Lipinski definition) is 6. The van der Waals surface area contributed by atoms with Gasteiger partial charge in [-0.1, -0.05) is 42.2 Å². The smallest absolute Gasteiger partial charge is 0.323 e. The number of ether oxygens (including phenoxy) is 3. The van der Waals surface area contributed by atoms with Crippen LogP contribution < -0.4 is 4.74 Å². The fraction of sp³-hybridized carbons (Fsp3) is 0.214. The van der Waals surface area contributed by atoms with Gasteiger partial charge in [0.25, 0.3) is 0 Å². The van der Waals surface area contributed by atoms with E-state index < -0.39 is 17.4 Å². The summed E-state index contributed by atoms with van der Waals surface area (Å²) in [5.74, 6) is 5.95. The molecule has 0 aliphatic heterocycles. The van der Waals surface area contributed by atoms with Crippen LogP contribution in [0.3, 0.4) is 0 Å². The second-order valence-corrected chi connectivity index (χ2v) is 8.23. The van der Waals surface area contributed by atoms with Gasteiger partial charge in [0.15, 0.2) is 5.41 Å². The number of hydrogen-bond donors (Lipinski definition) is 0. The first kappa shape index (κ1) is 21.6. The standard InChI is InChI=1S/C28H22O6/c1-31-22-10-6-4-8-17(22)12-13-19-21-16-28(26(29)32-2,27(30)33-3)15-18(21)14-24-25(19)20-9-5-7-11-23(20)34-24/h4-11,14H,15-16H2,1-3H3. The molecule has 3 aromatic carbocycles. The summed E-state index contributed by atoms with van der Waals surface area (Å²) < 4.78 is 21.6. The average molecular weight is 454 g/mol. The Morgan fingerprint density at radius 3 is 2.32 bits per heavy atom. The minimum Gasteiger partial charge on any atom is -0.495 e. The predicted octanol–water partition coefficient (Wildman–Crippen LogP) is 4.43. The zero-order valence-electron chi connectivity index (χ0n) is 19.1. The molecule has 0 spiro atoms. The maximum Gasteiger partial charge on any atom is 0.323 e. The summed E-state index contributed by atoms with van der Waals surface area (Å²) in [6.07, 6.45) is 0.283. The highest BCUT2D eigenvalue weighted by atomic mass is 16.5. The summed E-state index contributed by atoms with van der Waals surface area (Å²) in [5, 5.41) is 1.76. The van der Waals surface area contributed by atoms with Gasteiger partial charge in [0.05, 0.1) is 26.9 Å².